The summed E-state index contributed by atoms with van der Waals surface area (Å²) in [5, 5.41) is 0.655. The number of aryl methyl sites for hydroxylation is 1. The molecule has 1 unspecified atom stereocenters. The first-order valence-electron chi connectivity index (χ1n) is 12.8. The molecule has 1 fully saturated rings. The molecule has 1 saturated heterocycles. The highest BCUT2D eigenvalue weighted by atomic mass is 35.5. The number of amides is 1. The van der Waals surface area contributed by atoms with Crippen molar-refractivity contribution in [3.05, 3.63) is 82.2 Å². The molecule has 8 nitrogen and oxygen atoms in total. The van der Waals surface area contributed by atoms with E-state index >= 15 is 0 Å². The maximum atomic E-state index is 12.7. The van der Waals surface area contributed by atoms with Crippen molar-refractivity contribution in [2.45, 2.75) is 38.5 Å². The van der Waals surface area contributed by atoms with Crippen LogP contribution in [-0.4, -0.2) is 69.3 Å². The normalized spacial score (nSPS) is 18.7. The second kappa shape index (κ2) is 10.5. The van der Waals surface area contributed by atoms with Crippen molar-refractivity contribution in [3.8, 4) is 0 Å². The first-order valence-corrected chi connectivity index (χ1v) is 13.2. The number of nitrogens with zero attached hydrogens (tertiary/aromatic N) is 5. The van der Waals surface area contributed by atoms with Crippen LogP contribution in [0.2, 0.25) is 5.02 Å². The van der Waals surface area contributed by atoms with Gasteiger partial charge >= 0.3 is 6.09 Å². The van der Waals surface area contributed by atoms with Gasteiger partial charge in [-0.05, 0) is 67.3 Å². The molecule has 1 aliphatic carbocycles. The van der Waals surface area contributed by atoms with Crippen LogP contribution in [-0.2, 0) is 16.5 Å². The Bertz CT molecular complexity index is 1350. The first kappa shape index (κ1) is 26.4. The van der Waals surface area contributed by atoms with Crippen molar-refractivity contribution in [1.82, 2.24) is 24.3 Å². The van der Waals surface area contributed by atoms with E-state index in [9.17, 15) is 4.79 Å². The molecule has 9 heteroatoms. The van der Waals surface area contributed by atoms with Gasteiger partial charge in [-0.2, -0.15) is 0 Å². The fraction of sp³-hybridized carbons (Fsp3) is 0.414. The minimum Gasteiger partial charge on any atom is -0.444 e. The number of benzene rings is 1. The SMILES string of the molecule is COC(C1=Cc2cccnc2[C@@H](N2CCN(C(=O)OC(C)(C)C)CC2)c2ccc(Cl)cc21)c1cncn1C. The molecular weight excluding hydrogens is 502 g/mol. The average Bonchev–Trinajstić information content (AvgIpc) is 3.24. The molecule has 0 saturated carbocycles. The number of piperazine rings is 1. The van der Waals surface area contributed by atoms with Gasteiger partial charge in [0.05, 0.1) is 30.0 Å². The zero-order valence-electron chi connectivity index (χ0n) is 22.5. The van der Waals surface area contributed by atoms with Crippen LogP contribution in [0.25, 0.3) is 11.6 Å². The fourth-order valence-electron chi connectivity index (χ4n) is 5.29. The van der Waals surface area contributed by atoms with Gasteiger partial charge in [0, 0.05) is 51.6 Å². The number of fused-ring (bicyclic) bond motifs is 2. The molecule has 0 N–H and O–H groups in total. The molecule has 0 spiro atoms. The van der Waals surface area contributed by atoms with Crippen LogP contribution < -0.4 is 0 Å². The van der Waals surface area contributed by atoms with E-state index in [4.69, 9.17) is 26.1 Å². The van der Waals surface area contributed by atoms with Gasteiger partial charge in [0.15, 0.2) is 0 Å². The average molecular weight is 536 g/mol. The first-order chi connectivity index (χ1) is 18.2. The lowest BCUT2D eigenvalue weighted by Gasteiger charge is -2.40. The number of hydrogen-bond acceptors (Lipinski definition) is 6. The van der Waals surface area contributed by atoms with Crippen molar-refractivity contribution in [2.24, 2.45) is 7.05 Å². The maximum Gasteiger partial charge on any atom is 0.410 e. The number of hydrogen-bond donors (Lipinski definition) is 0. The lowest BCUT2D eigenvalue weighted by molar-refractivity contribution is 0.0118. The summed E-state index contributed by atoms with van der Waals surface area (Å²) in [6.07, 6.45) is 6.99. The van der Waals surface area contributed by atoms with Gasteiger partial charge in [0.1, 0.15) is 11.7 Å². The van der Waals surface area contributed by atoms with Crippen molar-refractivity contribution < 1.29 is 14.3 Å². The zero-order chi connectivity index (χ0) is 27.0. The van der Waals surface area contributed by atoms with Crippen molar-refractivity contribution in [1.29, 1.82) is 0 Å². The molecule has 1 aliphatic heterocycles. The quantitative estimate of drug-likeness (QED) is 0.448. The summed E-state index contributed by atoms with van der Waals surface area (Å²) in [4.78, 5) is 26.1. The predicted molar refractivity (Wildman–Crippen MR) is 148 cm³/mol. The van der Waals surface area contributed by atoms with Gasteiger partial charge in [0.2, 0.25) is 0 Å². The summed E-state index contributed by atoms with van der Waals surface area (Å²) in [6.45, 7) is 8.20. The van der Waals surface area contributed by atoms with Crippen molar-refractivity contribution in [3.63, 3.8) is 0 Å². The Kier molecular flexibility index (Phi) is 7.31. The van der Waals surface area contributed by atoms with Crippen LogP contribution in [0.15, 0.2) is 49.1 Å². The monoisotopic (exact) mass is 535 g/mol. The molecule has 2 aliphatic rings. The number of rotatable bonds is 4. The minimum atomic E-state index is -0.523. The smallest absolute Gasteiger partial charge is 0.410 e. The molecule has 0 radical (unpaired) electrons. The molecule has 1 amide bonds. The Hall–Kier alpha value is -3.20. The maximum absolute atomic E-state index is 12.7. The van der Waals surface area contributed by atoms with Gasteiger partial charge in [-0.25, -0.2) is 9.78 Å². The third-order valence-electron chi connectivity index (χ3n) is 7.03. The summed E-state index contributed by atoms with van der Waals surface area (Å²) in [6, 6.07) is 9.98. The molecule has 200 valence electrons. The second-order valence-corrected chi connectivity index (χ2v) is 11.2. The lowest BCUT2D eigenvalue weighted by atomic mass is 9.91. The molecule has 2 aromatic heterocycles. The number of pyridine rings is 1. The summed E-state index contributed by atoms with van der Waals surface area (Å²) in [5.74, 6) is 0. The number of halogens is 1. The number of imidazole rings is 1. The van der Waals surface area contributed by atoms with E-state index in [1.54, 1.807) is 18.3 Å². The number of carbonyl (C=O) groups excluding carboxylic acids is 1. The number of ether oxygens (including phenoxy) is 2. The van der Waals surface area contributed by atoms with Crippen molar-refractivity contribution in [2.75, 3.05) is 33.3 Å². The van der Waals surface area contributed by atoms with Gasteiger partial charge in [-0.15, -0.1) is 0 Å². The zero-order valence-corrected chi connectivity index (χ0v) is 23.3. The summed E-state index contributed by atoms with van der Waals surface area (Å²) >= 11 is 6.58. The Labute approximate surface area is 228 Å². The molecule has 0 bridgehead atoms. The Morgan fingerprint density at radius 1 is 1.16 bits per heavy atom. The van der Waals surface area contributed by atoms with E-state index in [0.29, 0.717) is 31.2 Å². The van der Waals surface area contributed by atoms with E-state index in [0.717, 1.165) is 33.7 Å². The minimum absolute atomic E-state index is 0.114. The van der Waals surface area contributed by atoms with Crippen LogP contribution in [0.5, 0.6) is 0 Å². The van der Waals surface area contributed by atoms with Crippen LogP contribution in [0.3, 0.4) is 0 Å². The highest BCUT2D eigenvalue weighted by molar-refractivity contribution is 6.30. The number of aromatic nitrogens is 3. The van der Waals surface area contributed by atoms with Crippen molar-refractivity contribution >= 4 is 29.3 Å². The molecule has 5 rings (SSSR count). The van der Waals surface area contributed by atoms with Crippen LogP contribution in [0.4, 0.5) is 4.79 Å². The molecule has 3 aromatic rings. The molecule has 1 aromatic carbocycles. The van der Waals surface area contributed by atoms with Gasteiger partial charge < -0.3 is 18.9 Å². The van der Waals surface area contributed by atoms with Gasteiger partial charge in [0.25, 0.3) is 0 Å². The summed E-state index contributed by atoms with van der Waals surface area (Å²) in [7, 11) is 3.68. The summed E-state index contributed by atoms with van der Waals surface area (Å²) < 4.78 is 13.7. The summed E-state index contributed by atoms with van der Waals surface area (Å²) in [5.41, 5.74) is 5.54. The second-order valence-electron chi connectivity index (χ2n) is 10.8. The molecular formula is C29H34ClN5O3. The van der Waals surface area contributed by atoms with Crippen LogP contribution in [0.1, 0.15) is 61.0 Å². The van der Waals surface area contributed by atoms with Gasteiger partial charge in [-0.3, -0.25) is 9.88 Å². The van der Waals surface area contributed by atoms with Gasteiger partial charge in [-0.1, -0.05) is 23.7 Å². The number of carbonyl (C=O) groups is 1. The third-order valence-corrected chi connectivity index (χ3v) is 7.27. The predicted octanol–water partition coefficient (Wildman–Crippen LogP) is 5.35. The topological polar surface area (TPSA) is 72.7 Å². The Morgan fingerprint density at radius 3 is 2.58 bits per heavy atom. The van der Waals surface area contributed by atoms with E-state index in [1.165, 1.54) is 0 Å². The molecule has 3 heterocycles. The Morgan fingerprint density at radius 2 is 1.92 bits per heavy atom. The van der Waals surface area contributed by atoms with E-state index in [2.05, 4.69) is 28.1 Å². The van der Waals surface area contributed by atoms with Crippen LogP contribution in [0, 0.1) is 0 Å². The fourth-order valence-corrected chi connectivity index (χ4v) is 5.46. The van der Waals surface area contributed by atoms with E-state index < -0.39 is 5.60 Å². The largest absolute Gasteiger partial charge is 0.444 e. The highest BCUT2D eigenvalue weighted by Gasteiger charge is 2.36. The van der Waals surface area contributed by atoms with Crippen LogP contribution >= 0.6 is 11.6 Å². The Balaban J connectivity index is 1.55. The molecule has 38 heavy (non-hydrogen) atoms. The number of methoxy groups -OCH3 is 1. The standard InChI is InChI=1S/C29H34ClN5O3/c1-29(2,3)38-28(36)35-13-11-34(12-14-35)26-21-9-8-20(30)16-22(21)23(15-19-7-6-10-32-25(19)26)27(37-5)24-17-31-18-33(24)4/h6-10,15-18,26-27H,11-14H2,1-5H3/t26-,27?/m0/s1. The molecule has 2 atom stereocenters. The van der Waals surface area contributed by atoms with E-state index in [1.807, 2.05) is 63.0 Å². The third kappa shape index (κ3) is 5.21. The lowest BCUT2D eigenvalue weighted by Crippen LogP contribution is -2.51. The van der Waals surface area contributed by atoms with E-state index in [-0.39, 0.29) is 18.2 Å². The highest BCUT2D eigenvalue weighted by Crippen LogP contribution is 2.45.